The van der Waals surface area contributed by atoms with Gasteiger partial charge in [0.2, 0.25) is 0 Å². The monoisotopic (exact) mass is 1060 g/mol. The number of hydrogen-bond donors (Lipinski definition) is 0. The molecule has 5 nitrogen and oxygen atoms in total. The van der Waals surface area contributed by atoms with Crippen molar-refractivity contribution in [3.8, 4) is 33.9 Å². The highest BCUT2D eigenvalue weighted by molar-refractivity contribution is 6.24. The molecule has 386 valence electrons. The predicted octanol–water partition coefficient (Wildman–Crippen LogP) is 20.2. The normalized spacial score (nSPS) is 13.0. The van der Waals surface area contributed by atoms with Crippen LogP contribution in [0.3, 0.4) is 0 Å². The summed E-state index contributed by atoms with van der Waals surface area (Å²) in [4.78, 5) is 0. The van der Waals surface area contributed by atoms with Crippen LogP contribution in [0.15, 0.2) is 267 Å². The molecule has 19 rings (SSSR count). The molecule has 6 aromatic heterocycles. The summed E-state index contributed by atoms with van der Waals surface area (Å²) in [5.74, 6) is 0. The van der Waals surface area contributed by atoms with Crippen molar-refractivity contribution in [3.05, 3.63) is 284 Å². The van der Waals surface area contributed by atoms with E-state index in [4.69, 9.17) is 0 Å². The summed E-state index contributed by atoms with van der Waals surface area (Å²) < 4.78 is 12.3. The number of nitrogens with zero attached hydrogens (tertiary/aromatic N) is 5. The molecule has 0 atom stereocenters. The van der Waals surface area contributed by atoms with Gasteiger partial charge in [0.15, 0.2) is 0 Å². The molecule has 12 aromatic carbocycles. The van der Waals surface area contributed by atoms with E-state index < -0.39 is 0 Å². The van der Waals surface area contributed by atoms with Crippen molar-refractivity contribution in [1.82, 2.24) is 22.7 Å². The van der Waals surface area contributed by atoms with Crippen LogP contribution in [-0.4, -0.2) is 22.7 Å². The molecule has 0 radical (unpaired) electrons. The Morgan fingerprint density at radius 3 is 1.20 bits per heavy atom. The largest absolute Gasteiger partial charge is 0.313 e. The highest BCUT2D eigenvalue weighted by atomic mass is 15.0. The summed E-state index contributed by atoms with van der Waals surface area (Å²) in [6, 6.07) is 99.3. The standard InChI is InChI=1S/C78H49N5/c1-3-16-52(17-4-1)79-68-26-11-9-22-58(68)66-46-54(34-40-74(66)79)81-70-28-13-7-20-56(70)64-42-48(32-38-72(64)81)50-30-36-60-62-24-15-25-63-61-37-31-51(45-77(61)83(78(62)63)76(60)44-50)49-33-39-73-65(43-49)57-21-8-14-29-71(57)82(73)55-35-41-75-67(47-55)59-23-10-12-27-69(59)80(75)53-18-5-2-6-19-53/h1-32,34-38,40-47H,33,39H2. The molecule has 5 heteroatoms. The first-order valence-electron chi connectivity index (χ1n) is 29.0. The number of aromatic nitrogens is 5. The fraction of sp³-hybridized carbons (Fsp3) is 0.0256. The summed E-state index contributed by atoms with van der Waals surface area (Å²) >= 11 is 0. The fourth-order valence-electron chi connectivity index (χ4n) is 14.9. The van der Waals surface area contributed by atoms with Gasteiger partial charge < -0.3 is 22.7 Å². The fourth-order valence-corrected chi connectivity index (χ4v) is 14.9. The van der Waals surface area contributed by atoms with Crippen LogP contribution in [0.4, 0.5) is 0 Å². The first kappa shape index (κ1) is 44.9. The van der Waals surface area contributed by atoms with Gasteiger partial charge in [0.05, 0.1) is 55.2 Å². The van der Waals surface area contributed by atoms with Crippen molar-refractivity contribution in [1.29, 1.82) is 0 Å². The van der Waals surface area contributed by atoms with E-state index in [1.807, 2.05) is 0 Å². The summed E-state index contributed by atoms with van der Waals surface area (Å²) in [7, 11) is 0. The lowest BCUT2D eigenvalue weighted by molar-refractivity contribution is 0.899. The third-order valence-electron chi connectivity index (χ3n) is 18.5. The van der Waals surface area contributed by atoms with Gasteiger partial charge in [-0.25, -0.2) is 0 Å². The third kappa shape index (κ3) is 6.25. The predicted molar refractivity (Wildman–Crippen MR) is 349 cm³/mol. The highest BCUT2D eigenvalue weighted by Gasteiger charge is 2.25. The number of rotatable bonds is 6. The van der Waals surface area contributed by atoms with Gasteiger partial charge in [-0.05, 0) is 150 Å². The summed E-state index contributed by atoms with van der Waals surface area (Å²) in [5.41, 5.74) is 24.7. The first-order valence-corrected chi connectivity index (χ1v) is 29.0. The lowest BCUT2D eigenvalue weighted by atomic mass is 9.90. The van der Waals surface area contributed by atoms with Gasteiger partial charge in [0.25, 0.3) is 0 Å². The number of benzene rings is 12. The average Bonchev–Trinajstić information content (AvgIpc) is 4.43. The Bertz CT molecular complexity index is 5800. The molecule has 1 aliphatic rings. The van der Waals surface area contributed by atoms with Gasteiger partial charge in [-0.2, -0.15) is 0 Å². The smallest absolute Gasteiger partial charge is 0.0620 e. The van der Waals surface area contributed by atoms with Crippen molar-refractivity contribution in [3.63, 3.8) is 0 Å². The molecule has 0 bridgehead atoms. The number of para-hydroxylation sites is 7. The zero-order valence-corrected chi connectivity index (χ0v) is 45.1. The van der Waals surface area contributed by atoms with E-state index in [9.17, 15) is 0 Å². The minimum Gasteiger partial charge on any atom is -0.313 e. The van der Waals surface area contributed by atoms with Gasteiger partial charge in [0, 0.05) is 93.3 Å². The Morgan fingerprint density at radius 1 is 0.229 bits per heavy atom. The van der Waals surface area contributed by atoms with Crippen LogP contribution >= 0.6 is 0 Å². The Kier molecular flexibility index (Phi) is 9.11. The van der Waals surface area contributed by atoms with Crippen molar-refractivity contribution < 1.29 is 0 Å². The van der Waals surface area contributed by atoms with E-state index in [1.165, 1.54) is 159 Å². The minimum atomic E-state index is 0.940. The Morgan fingerprint density at radius 2 is 0.627 bits per heavy atom. The van der Waals surface area contributed by atoms with E-state index >= 15 is 0 Å². The van der Waals surface area contributed by atoms with E-state index in [0.29, 0.717) is 0 Å². The zero-order valence-electron chi connectivity index (χ0n) is 45.1. The Balaban J connectivity index is 0.730. The molecule has 6 heterocycles. The highest BCUT2D eigenvalue weighted by Crippen LogP contribution is 2.45. The van der Waals surface area contributed by atoms with Crippen LogP contribution in [0, 0.1) is 0 Å². The Labute approximate surface area is 476 Å². The molecule has 0 aliphatic heterocycles. The van der Waals surface area contributed by atoms with Crippen LogP contribution in [0.25, 0.3) is 160 Å². The quantitative estimate of drug-likeness (QED) is 0.159. The van der Waals surface area contributed by atoms with Crippen LogP contribution in [0.1, 0.15) is 23.2 Å². The van der Waals surface area contributed by atoms with Gasteiger partial charge in [-0.1, -0.05) is 158 Å². The zero-order chi connectivity index (χ0) is 54.0. The molecule has 18 aromatic rings. The van der Waals surface area contributed by atoms with E-state index in [-0.39, 0.29) is 0 Å². The summed E-state index contributed by atoms with van der Waals surface area (Å²) in [6.45, 7) is 0. The lowest BCUT2D eigenvalue weighted by Crippen LogP contribution is -2.05. The van der Waals surface area contributed by atoms with Crippen molar-refractivity contribution in [2.45, 2.75) is 12.8 Å². The van der Waals surface area contributed by atoms with Gasteiger partial charge in [0.1, 0.15) is 0 Å². The molecule has 0 unspecified atom stereocenters. The summed E-state index contributed by atoms with van der Waals surface area (Å²) in [6.07, 6.45) is 4.39. The number of allylic oxidation sites excluding steroid dienone is 1. The second-order valence-corrected chi connectivity index (χ2v) is 22.7. The maximum Gasteiger partial charge on any atom is 0.0620 e. The maximum atomic E-state index is 2.56. The second kappa shape index (κ2) is 16.8. The van der Waals surface area contributed by atoms with Gasteiger partial charge >= 0.3 is 0 Å². The molecule has 83 heavy (non-hydrogen) atoms. The third-order valence-corrected chi connectivity index (χ3v) is 18.5. The van der Waals surface area contributed by atoms with E-state index in [2.05, 4.69) is 296 Å². The minimum absolute atomic E-state index is 0.940. The molecular formula is C78H49N5. The van der Waals surface area contributed by atoms with E-state index in [0.717, 1.165) is 24.2 Å². The Hall–Kier alpha value is -10.9. The van der Waals surface area contributed by atoms with Crippen molar-refractivity contribution >= 4 is 126 Å². The van der Waals surface area contributed by atoms with Crippen LogP contribution in [0.2, 0.25) is 0 Å². The number of hydrogen-bond acceptors (Lipinski definition) is 0. The van der Waals surface area contributed by atoms with Crippen LogP contribution < -0.4 is 0 Å². The molecule has 1 aliphatic carbocycles. The first-order chi connectivity index (χ1) is 41.2. The summed E-state index contributed by atoms with van der Waals surface area (Å²) in [5, 5.41) is 13.9. The molecule has 0 saturated carbocycles. The maximum absolute atomic E-state index is 2.56. The molecule has 0 N–H and O–H groups in total. The lowest BCUT2D eigenvalue weighted by Gasteiger charge is -2.18. The van der Waals surface area contributed by atoms with Gasteiger partial charge in [-0.15, -0.1) is 0 Å². The molecule has 0 fully saturated rings. The molecule has 0 saturated heterocycles. The second-order valence-electron chi connectivity index (χ2n) is 22.7. The number of fused-ring (bicyclic) bond motifs is 18. The van der Waals surface area contributed by atoms with Gasteiger partial charge in [-0.3, -0.25) is 0 Å². The van der Waals surface area contributed by atoms with E-state index in [1.54, 1.807) is 0 Å². The van der Waals surface area contributed by atoms with Crippen molar-refractivity contribution in [2.24, 2.45) is 0 Å². The van der Waals surface area contributed by atoms with Crippen LogP contribution in [0.5, 0.6) is 0 Å². The molecule has 0 spiro atoms. The SMILES string of the molecule is C1=C(c2ccc3c4cccc5c6ccc(-c7ccc8c(c7)c7ccccc7n8-c7ccc8c(c7)c7ccccc7n8-c7ccccc7)cc6n(c3c2)c45)CCc2c1c1ccccc1n2-c1ccc2c(c1)c1ccccc1n2-c1ccccc1. The van der Waals surface area contributed by atoms with Crippen LogP contribution in [-0.2, 0) is 6.42 Å². The molecule has 0 amide bonds. The average molecular weight is 1060 g/mol. The topological polar surface area (TPSA) is 24.1 Å². The van der Waals surface area contributed by atoms with Crippen molar-refractivity contribution in [2.75, 3.05) is 0 Å². The molecular weight excluding hydrogens is 1010 g/mol.